The van der Waals surface area contributed by atoms with Crippen molar-refractivity contribution in [1.29, 1.82) is 0 Å². The van der Waals surface area contributed by atoms with Gasteiger partial charge in [0.05, 0.1) is 12.8 Å². The number of benzene rings is 1. The lowest BCUT2D eigenvalue weighted by atomic mass is 10.1. The zero-order chi connectivity index (χ0) is 12.3. The zero-order valence-corrected chi connectivity index (χ0v) is 9.98. The van der Waals surface area contributed by atoms with E-state index in [0.29, 0.717) is 18.6 Å². The fraction of sp³-hybridized carbons (Fsp3) is 0.462. The molecule has 0 atom stereocenters. The van der Waals surface area contributed by atoms with E-state index in [-0.39, 0.29) is 12.5 Å². The van der Waals surface area contributed by atoms with E-state index >= 15 is 0 Å². The van der Waals surface area contributed by atoms with Crippen LogP contribution in [0, 0.1) is 0 Å². The first-order chi connectivity index (χ1) is 8.27. The molecule has 1 N–H and O–H groups in total. The maximum absolute atomic E-state index is 11.7. The first-order valence-electron chi connectivity index (χ1n) is 5.85. The molecule has 4 nitrogen and oxygen atoms in total. The third kappa shape index (κ3) is 2.26. The molecule has 4 heteroatoms. The van der Waals surface area contributed by atoms with E-state index in [4.69, 9.17) is 9.84 Å². The number of ether oxygens (including phenoxy) is 1. The number of hydrogen-bond donors (Lipinski definition) is 1. The molecule has 0 radical (unpaired) electrons. The lowest BCUT2D eigenvalue weighted by Crippen LogP contribution is -2.24. The van der Waals surface area contributed by atoms with Crippen LogP contribution in [0.5, 0.6) is 5.75 Å². The first-order valence-corrected chi connectivity index (χ1v) is 5.85. The molecule has 0 unspecified atom stereocenters. The summed E-state index contributed by atoms with van der Waals surface area (Å²) in [6, 6.07) is 5.70. The van der Waals surface area contributed by atoms with Crippen molar-refractivity contribution in [3.05, 3.63) is 23.8 Å². The van der Waals surface area contributed by atoms with Crippen molar-refractivity contribution in [2.45, 2.75) is 19.3 Å². The van der Waals surface area contributed by atoms with E-state index in [0.717, 1.165) is 24.2 Å². The van der Waals surface area contributed by atoms with E-state index in [9.17, 15) is 4.79 Å². The third-order valence-corrected chi connectivity index (χ3v) is 3.03. The van der Waals surface area contributed by atoms with Gasteiger partial charge in [-0.1, -0.05) is 12.1 Å². The molecule has 1 aliphatic heterocycles. The van der Waals surface area contributed by atoms with E-state index < -0.39 is 0 Å². The van der Waals surface area contributed by atoms with Gasteiger partial charge in [0, 0.05) is 19.6 Å². The molecule has 1 aromatic carbocycles. The number of para-hydroxylation sites is 1. The molecule has 1 amide bonds. The summed E-state index contributed by atoms with van der Waals surface area (Å²) in [5.74, 6) is 0.848. The summed E-state index contributed by atoms with van der Waals surface area (Å²) in [6.07, 6.45) is 2.04. The lowest BCUT2D eigenvalue weighted by Gasteiger charge is -2.20. The SMILES string of the molecule is COc1c(CCO)cccc1N1CCCC1=O. The van der Waals surface area contributed by atoms with E-state index in [1.54, 1.807) is 12.0 Å². The summed E-state index contributed by atoms with van der Waals surface area (Å²) in [5.41, 5.74) is 1.76. The smallest absolute Gasteiger partial charge is 0.227 e. The number of nitrogens with zero attached hydrogens (tertiary/aromatic N) is 1. The Bertz CT molecular complexity index is 417. The number of aliphatic hydroxyl groups excluding tert-OH is 1. The number of anilines is 1. The van der Waals surface area contributed by atoms with Gasteiger partial charge in [-0.2, -0.15) is 0 Å². The third-order valence-electron chi connectivity index (χ3n) is 3.03. The fourth-order valence-corrected chi connectivity index (χ4v) is 2.24. The standard InChI is InChI=1S/C13H17NO3/c1-17-13-10(7-9-15)4-2-5-11(13)14-8-3-6-12(14)16/h2,4-5,15H,3,6-9H2,1H3. The van der Waals surface area contributed by atoms with Crippen molar-refractivity contribution < 1.29 is 14.6 Å². The maximum Gasteiger partial charge on any atom is 0.227 e. The Kier molecular flexibility index (Phi) is 3.64. The van der Waals surface area contributed by atoms with Gasteiger partial charge in [0.2, 0.25) is 5.91 Å². The van der Waals surface area contributed by atoms with Gasteiger partial charge in [0.25, 0.3) is 0 Å². The quantitative estimate of drug-likeness (QED) is 0.857. The molecule has 0 spiro atoms. The Hall–Kier alpha value is -1.55. The number of carbonyl (C=O) groups is 1. The van der Waals surface area contributed by atoms with Crippen molar-refractivity contribution in [1.82, 2.24) is 0 Å². The molecule has 17 heavy (non-hydrogen) atoms. The Balaban J connectivity index is 2.38. The average molecular weight is 235 g/mol. The molecule has 92 valence electrons. The second kappa shape index (κ2) is 5.19. The van der Waals surface area contributed by atoms with Crippen LogP contribution in [0.15, 0.2) is 18.2 Å². The molecule has 1 aromatic rings. The Morgan fingerprint density at radius 3 is 2.88 bits per heavy atom. The lowest BCUT2D eigenvalue weighted by molar-refractivity contribution is -0.117. The second-order valence-corrected chi connectivity index (χ2v) is 4.09. The number of rotatable bonds is 4. The van der Waals surface area contributed by atoms with Gasteiger partial charge in [0.15, 0.2) is 0 Å². The molecule has 1 fully saturated rings. The van der Waals surface area contributed by atoms with Gasteiger partial charge in [-0.25, -0.2) is 0 Å². The molecule has 0 saturated carbocycles. The minimum absolute atomic E-state index is 0.0771. The predicted octanol–water partition coefficient (Wildman–Crippen LogP) is 1.36. The normalized spacial score (nSPS) is 15.4. The van der Waals surface area contributed by atoms with Crippen LogP contribution in [0.1, 0.15) is 18.4 Å². The summed E-state index contributed by atoms with van der Waals surface area (Å²) < 4.78 is 5.38. The molecule has 1 saturated heterocycles. The van der Waals surface area contributed by atoms with Crippen molar-refractivity contribution in [2.75, 3.05) is 25.2 Å². The number of amides is 1. The Labute approximate surface area is 101 Å². The molecule has 0 bridgehead atoms. The van der Waals surface area contributed by atoms with Gasteiger partial charge in [-0.15, -0.1) is 0 Å². The fourth-order valence-electron chi connectivity index (χ4n) is 2.24. The average Bonchev–Trinajstić information content (AvgIpc) is 2.75. The molecular formula is C13H17NO3. The van der Waals surface area contributed by atoms with Crippen LogP contribution in [0.25, 0.3) is 0 Å². The van der Waals surface area contributed by atoms with Gasteiger partial charge in [-0.3, -0.25) is 4.79 Å². The first kappa shape index (κ1) is 11.9. The van der Waals surface area contributed by atoms with Crippen LogP contribution in [-0.4, -0.2) is 31.3 Å². The van der Waals surface area contributed by atoms with Crippen molar-refractivity contribution in [2.24, 2.45) is 0 Å². The molecular weight excluding hydrogens is 218 g/mol. The largest absolute Gasteiger partial charge is 0.494 e. The molecule has 2 rings (SSSR count). The van der Waals surface area contributed by atoms with E-state index in [1.807, 2.05) is 18.2 Å². The summed E-state index contributed by atoms with van der Waals surface area (Å²) in [5, 5.41) is 9.01. The Morgan fingerprint density at radius 1 is 1.47 bits per heavy atom. The van der Waals surface area contributed by atoms with Gasteiger partial charge in [-0.05, 0) is 24.5 Å². The molecule has 0 aliphatic carbocycles. The van der Waals surface area contributed by atoms with Crippen LogP contribution in [0.2, 0.25) is 0 Å². The molecule has 1 aliphatic rings. The molecule has 1 heterocycles. The van der Waals surface area contributed by atoms with Crippen LogP contribution >= 0.6 is 0 Å². The zero-order valence-electron chi connectivity index (χ0n) is 9.98. The summed E-state index contributed by atoms with van der Waals surface area (Å²) >= 11 is 0. The minimum Gasteiger partial charge on any atom is -0.494 e. The Morgan fingerprint density at radius 2 is 2.29 bits per heavy atom. The van der Waals surface area contributed by atoms with Crippen LogP contribution in [0.4, 0.5) is 5.69 Å². The summed E-state index contributed by atoms with van der Waals surface area (Å²) in [7, 11) is 1.60. The van der Waals surface area contributed by atoms with Crippen LogP contribution in [0.3, 0.4) is 0 Å². The van der Waals surface area contributed by atoms with Crippen molar-refractivity contribution in [3.63, 3.8) is 0 Å². The number of methoxy groups -OCH3 is 1. The molecule has 0 aromatic heterocycles. The number of aliphatic hydroxyl groups is 1. The number of hydrogen-bond acceptors (Lipinski definition) is 3. The maximum atomic E-state index is 11.7. The van der Waals surface area contributed by atoms with Gasteiger partial charge < -0.3 is 14.7 Å². The van der Waals surface area contributed by atoms with Crippen molar-refractivity contribution >= 4 is 11.6 Å². The highest BCUT2D eigenvalue weighted by Gasteiger charge is 2.25. The summed E-state index contributed by atoms with van der Waals surface area (Å²) in [6.45, 7) is 0.825. The highest BCUT2D eigenvalue weighted by atomic mass is 16.5. The van der Waals surface area contributed by atoms with Crippen LogP contribution in [-0.2, 0) is 11.2 Å². The van der Waals surface area contributed by atoms with Crippen LogP contribution < -0.4 is 9.64 Å². The highest BCUT2D eigenvalue weighted by Crippen LogP contribution is 2.34. The summed E-state index contributed by atoms with van der Waals surface area (Å²) in [4.78, 5) is 13.5. The number of carbonyl (C=O) groups excluding carboxylic acids is 1. The van der Waals surface area contributed by atoms with Gasteiger partial charge >= 0.3 is 0 Å². The predicted molar refractivity (Wildman–Crippen MR) is 65.4 cm³/mol. The minimum atomic E-state index is 0.0771. The van der Waals surface area contributed by atoms with E-state index in [2.05, 4.69) is 0 Å². The van der Waals surface area contributed by atoms with Gasteiger partial charge in [0.1, 0.15) is 5.75 Å². The highest BCUT2D eigenvalue weighted by molar-refractivity contribution is 5.97. The van der Waals surface area contributed by atoms with Crippen molar-refractivity contribution in [3.8, 4) is 5.75 Å². The topological polar surface area (TPSA) is 49.8 Å². The van der Waals surface area contributed by atoms with E-state index in [1.165, 1.54) is 0 Å². The second-order valence-electron chi connectivity index (χ2n) is 4.09. The monoisotopic (exact) mass is 235 g/mol.